The van der Waals surface area contributed by atoms with Crippen LogP contribution in [0.15, 0.2) is 213 Å². The first-order chi connectivity index (χ1) is 34.2. The Bertz CT molecular complexity index is 4410. The maximum absolute atomic E-state index is 6.42. The SMILES string of the molecule is C1=CCc2c(oc3ccc(-c4cccc(-c5cccc6c7c8ccccc8ccc7n(-c7nc(-c8ccc9c(c8)oc8ccccc89)nc(-c8ccc9c(c8)oc8ccccc89)n7)c56)c4)cc23)C=C1. The fourth-order valence-corrected chi connectivity index (χ4v) is 10.7. The Hall–Kier alpha value is -9.33. The van der Waals surface area contributed by atoms with Crippen LogP contribution in [0.1, 0.15) is 11.3 Å². The molecule has 5 heterocycles. The fraction of sp³-hybridized carbons (Fsp3) is 0.0161. The molecule has 1 aliphatic carbocycles. The minimum Gasteiger partial charge on any atom is -0.456 e. The van der Waals surface area contributed by atoms with E-state index in [4.69, 9.17) is 28.2 Å². The van der Waals surface area contributed by atoms with E-state index < -0.39 is 0 Å². The summed E-state index contributed by atoms with van der Waals surface area (Å²) in [4.78, 5) is 16.1. The molecular formula is C62H36N4O3. The predicted molar refractivity (Wildman–Crippen MR) is 280 cm³/mol. The normalized spacial score (nSPS) is 12.8. The van der Waals surface area contributed by atoms with E-state index in [1.807, 2.05) is 54.6 Å². The molecule has 5 aromatic heterocycles. The lowest BCUT2D eigenvalue weighted by atomic mass is 9.96. The Morgan fingerprint density at radius 2 is 1.03 bits per heavy atom. The van der Waals surface area contributed by atoms with Gasteiger partial charge in [0.05, 0.1) is 11.0 Å². The Balaban J connectivity index is 0.982. The second-order valence-corrected chi connectivity index (χ2v) is 17.8. The molecule has 9 aromatic carbocycles. The van der Waals surface area contributed by atoms with Crippen molar-refractivity contribution in [3.8, 4) is 51.0 Å². The number of furan rings is 3. The first kappa shape index (κ1) is 37.8. The number of fused-ring (bicyclic) bond motifs is 14. The van der Waals surface area contributed by atoms with E-state index in [-0.39, 0.29) is 0 Å². The third-order valence-corrected chi connectivity index (χ3v) is 13.9. The van der Waals surface area contributed by atoms with Gasteiger partial charge in [0.2, 0.25) is 5.95 Å². The molecule has 0 saturated heterocycles. The highest BCUT2D eigenvalue weighted by atomic mass is 16.3. The number of nitrogens with zero attached hydrogens (tertiary/aromatic N) is 4. The molecule has 0 spiro atoms. The van der Waals surface area contributed by atoms with Gasteiger partial charge in [-0.05, 0) is 101 Å². The first-order valence-corrected chi connectivity index (χ1v) is 23.2. The van der Waals surface area contributed by atoms with Crippen molar-refractivity contribution in [2.75, 3.05) is 0 Å². The van der Waals surface area contributed by atoms with Crippen LogP contribution in [0.2, 0.25) is 0 Å². The van der Waals surface area contributed by atoms with Gasteiger partial charge in [0.1, 0.15) is 33.7 Å². The number of hydrogen-bond acceptors (Lipinski definition) is 6. The van der Waals surface area contributed by atoms with Crippen LogP contribution in [0.5, 0.6) is 0 Å². The van der Waals surface area contributed by atoms with E-state index >= 15 is 0 Å². The van der Waals surface area contributed by atoms with Crippen LogP contribution in [-0.2, 0) is 6.42 Å². The maximum atomic E-state index is 6.42. The smallest absolute Gasteiger partial charge is 0.238 e. The quantitative estimate of drug-likeness (QED) is 0.171. The number of rotatable bonds is 5. The van der Waals surface area contributed by atoms with E-state index in [1.54, 1.807) is 0 Å². The van der Waals surface area contributed by atoms with Crippen molar-refractivity contribution in [2.45, 2.75) is 6.42 Å². The van der Waals surface area contributed by atoms with Crippen molar-refractivity contribution >= 4 is 93.5 Å². The zero-order valence-corrected chi connectivity index (χ0v) is 36.9. The van der Waals surface area contributed by atoms with E-state index in [1.165, 1.54) is 5.56 Å². The Labute approximate surface area is 393 Å². The molecule has 0 fully saturated rings. The van der Waals surface area contributed by atoms with Crippen molar-refractivity contribution in [1.29, 1.82) is 0 Å². The molecule has 322 valence electrons. The third kappa shape index (κ3) is 5.84. The van der Waals surface area contributed by atoms with Crippen molar-refractivity contribution in [3.63, 3.8) is 0 Å². The van der Waals surface area contributed by atoms with Gasteiger partial charge in [-0.3, -0.25) is 4.57 Å². The molecule has 0 N–H and O–H groups in total. The molecule has 0 bridgehead atoms. The molecule has 14 aromatic rings. The fourth-order valence-electron chi connectivity index (χ4n) is 10.7. The summed E-state index contributed by atoms with van der Waals surface area (Å²) >= 11 is 0. The molecule has 0 saturated carbocycles. The van der Waals surface area contributed by atoms with Gasteiger partial charge in [0.15, 0.2) is 11.6 Å². The van der Waals surface area contributed by atoms with Gasteiger partial charge in [-0.2, -0.15) is 9.97 Å². The van der Waals surface area contributed by atoms with Crippen LogP contribution in [0, 0.1) is 0 Å². The molecule has 0 radical (unpaired) electrons. The van der Waals surface area contributed by atoms with Crippen LogP contribution in [0.3, 0.4) is 0 Å². The second kappa shape index (κ2) is 14.6. The molecule has 7 heteroatoms. The Morgan fingerprint density at radius 3 is 1.80 bits per heavy atom. The summed E-state index contributed by atoms with van der Waals surface area (Å²) in [5.41, 5.74) is 13.3. The zero-order chi connectivity index (χ0) is 45.2. The Morgan fingerprint density at radius 1 is 0.406 bits per heavy atom. The molecule has 1 aliphatic rings. The predicted octanol–water partition coefficient (Wildman–Crippen LogP) is 16.5. The lowest BCUT2D eigenvalue weighted by Gasteiger charge is -2.14. The van der Waals surface area contributed by atoms with Gasteiger partial charge >= 0.3 is 0 Å². The summed E-state index contributed by atoms with van der Waals surface area (Å²) in [7, 11) is 0. The van der Waals surface area contributed by atoms with Gasteiger partial charge in [0.25, 0.3) is 0 Å². The van der Waals surface area contributed by atoms with Gasteiger partial charge in [0, 0.05) is 60.0 Å². The molecule has 0 aliphatic heterocycles. The van der Waals surface area contributed by atoms with Crippen molar-refractivity contribution in [1.82, 2.24) is 19.5 Å². The van der Waals surface area contributed by atoms with Crippen molar-refractivity contribution in [3.05, 3.63) is 212 Å². The monoisotopic (exact) mass is 884 g/mol. The van der Waals surface area contributed by atoms with Gasteiger partial charge < -0.3 is 13.3 Å². The average Bonchev–Trinajstić information content (AvgIpc) is 4.12. The van der Waals surface area contributed by atoms with Gasteiger partial charge in [-0.1, -0.05) is 140 Å². The van der Waals surface area contributed by atoms with Crippen molar-refractivity contribution in [2.24, 2.45) is 0 Å². The first-order valence-electron chi connectivity index (χ1n) is 23.2. The molecule has 0 amide bonds. The minimum atomic E-state index is 0.498. The summed E-state index contributed by atoms with van der Waals surface area (Å²) < 4.78 is 21.4. The molecule has 0 unspecified atom stereocenters. The molecule has 7 nitrogen and oxygen atoms in total. The highest BCUT2D eigenvalue weighted by Crippen LogP contribution is 2.43. The van der Waals surface area contributed by atoms with Gasteiger partial charge in [-0.25, -0.2) is 4.98 Å². The average molecular weight is 885 g/mol. The summed E-state index contributed by atoms with van der Waals surface area (Å²) in [5, 5.41) is 9.88. The van der Waals surface area contributed by atoms with E-state index in [0.29, 0.717) is 17.6 Å². The highest BCUT2D eigenvalue weighted by molar-refractivity contribution is 6.23. The molecule has 69 heavy (non-hydrogen) atoms. The summed E-state index contributed by atoms with van der Waals surface area (Å²) in [6, 6.07) is 63.7. The second-order valence-electron chi connectivity index (χ2n) is 17.8. The standard InChI is InChI=1S/C62H36N4O3/c1-2-16-46-50-33-38(27-31-55(50)67-54(46)21-3-1)37-13-10-14-39(32-37)43-19-11-20-49-58-42-15-5-4-12-36(42)26-30-51(58)66(59(43)49)62-64-60(40-24-28-47-44-17-6-8-22-52(44)68-56(47)34-40)63-61(65-62)41-25-29-48-45-18-7-9-23-53(45)69-57(48)35-41/h1-15,17-35H,16H2. The van der Waals surface area contributed by atoms with Crippen molar-refractivity contribution < 1.29 is 13.3 Å². The largest absolute Gasteiger partial charge is 0.456 e. The van der Waals surface area contributed by atoms with Crippen LogP contribution < -0.4 is 0 Å². The van der Waals surface area contributed by atoms with Crippen LogP contribution in [-0.4, -0.2) is 19.5 Å². The number of allylic oxidation sites excluding steroid dienone is 3. The summed E-state index contributed by atoms with van der Waals surface area (Å²) in [6.07, 6.45) is 9.19. The highest BCUT2D eigenvalue weighted by Gasteiger charge is 2.23. The number of hydrogen-bond donors (Lipinski definition) is 0. The van der Waals surface area contributed by atoms with E-state index in [2.05, 4.69) is 156 Å². The van der Waals surface area contributed by atoms with Crippen LogP contribution in [0.4, 0.5) is 0 Å². The lowest BCUT2D eigenvalue weighted by Crippen LogP contribution is -2.07. The van der Waals surface area contributed by atoms with E-state index in [0.717, 1.165) is 133 Å². The Kier molecular flexibility index (Phi) is 8.00. The van der Waals surface area contributed by atoms with Crippen LogP contribution in [0.25, 0.3) is 144 Å². The summed E-state index contributed by atoms with van der Waals surface area (Å²) in [6.45, 7) is 0. The molecular weight excluding hydrogens is 849 g/mol. The minimum absolute atomic E-state index is 0.498. The topological polar surface area (TPSA) is 83.0 Å². The number of para-hydroxylation sites is 3. The molecule has 0 atom stereocenters. The van der Waals surface area contributed by atoms with Gasteiger partial charge in [-0.15, -0.1) is 0 Å². The maximum Gasteiger partial charge on any atom is 0.238 e. The zero-order valence-electron chi connectivity index (χ0n) is 36.9. The third-order valence-electron chi connectivity index (χ3n) is 13.9. The van der Waals surface area contributed by atoms with E-state index in [9.17, 15) is 0 Å². The lowest BCUT2D eigenvalue weighted by molar-refractivity contribution is 0.600. The number of benzene rings is 9. The number of aromatic nitrogens is 4. The molecule has 15 rings (SSSR count). The summed E-state index contributed by atoms with van der Waals surface area (Å²) in [5.74, 6) is 2.46. The van der Waals surface area contributed by atoms with Crippen LogP contribution >= 0.6 is 0 Å².